The molecule has 2 amide bonds. The molecule has 0 aliphatic carbocycles. The Labute approximate surface area is 192 Å². The van der Waals surface area contributed by atoms with Gasteiger partial charge in [-0.2, -0.15) is 9.40 Å². The molecule has 1 atom stereocenters. The highest BCUT2D eigenvalue weighted by Crippen LogP contribution is 2.28. The molecule has 0 spiro atoms. The molecule has 12 heteroatoms. The molecule has 1 fully saturated rings. The molecule has 3 N–H and O–H groups in total. The number of halogens is 1. The van der Waals surface area contributed by atoms with Crippen molar-refractivity contribution in [2.75, 3.05) is 26.2 Å². The zero-order valence-corrected chi connectivity index (χ0v) is 19.9. The molecular weight excluding hydrogens is 451 g/mol. The van der Waals surface area contributed by atoms with Crippen LogP contribution in [-0.4, -0.2) is 71.6 Å². The van der Waals surface area contributed by atoms with Crippen LogP contribution in [0.4, 0.5) is 4.39 Å². The lowest BCUT2D eigenvalue weighted by molar-refractivity contribution is -0.127. The molecule has 1 saturated heterocycles. The first-order valence-electron chi connectivity index (χ1n) is 10.5. The number of nitrogens with two attached hydrogens (primary N) is 1. The summed E-state index contributed by atoms with van der Waals surface area (Å²) in [6.07, 6.45) is -1.42. The molecule has 0 bridgehead atoms. The number of amides is 2. The number of nitrogens with zero attached hydrogens (tertiary/aromatic N) is 4. The average Bonchev–Trinajstić information content (AvgIpc) is 3.36. The van der Waals surface area contributed by atoms with E-state index in [0.717, 1.165) is 28.6 Å². The van der Waals surface area contributed by atoms with Gasteiger partial charge in [0.2, 0.25) is 10.0 Å². The van der Waals surface area contributed by atoms with Gasteiger partial charge in [-0.05, 0) is 30.3 Å². The van der Waals surface area contributed by atoms with E-state index in [4.69, 9.17) is 5.73 Å². The maximum atomic E-state index is 13.4. The average molecular weight is 481 g/mol. The van der Waals surface area contributed by atoms with Crippen molar-refractivity contribution in [1.29, 1.82) is 0 Å². The SMILES string of the molecule is Cn1nc(C(C)(C)C)cc1C(=O)N1CCN(S(=O)(=O)c2ccc(F)cc2)C1C(=O)NCCN. The fourth-order valence-corrected chi connectivity index (χ4v) is 5.10. The smallest absolute Gasteiger partial charge is 0.273 e. The molecule has 180 valence electrons. The molecule has 0 radical (unpaired) electrons. The van der Waals surface area contributed by atoms with Gasteiger partial charge in [0.25, 0.3) is 11.8 Å². The van der Waals surface area contributed by atoms with Crippen LogP contribution < -0.4 is 11.1 Å². The molecule has 33 heavy (non-hydrogen) atoms. The second-order valence-corrected chi connectivity index (χ2v) is 10.7. The van der Waals surface area contributed by atoms with Crippen LogP contribution in [0.1, 0.15) is 37.0 Å². The largest absolute Gasteiger partial charge is 0.352 e. The number of rotatable bonds is 6. The highest BCUT2D eigenvalue weighted by molar-refractivity contribution is 7.89. The maximum absolute atomic E-state index is 13.4. The van der Waals surface area contributed by atoms with Crippen molar-refractivity contribution in [1.82, 2.24) is 24.3 Å². The van der Waals surface area contributed by atoms with Crippen molar-refractivity contribution in [3.8, 4) is 0 Å². The summed E-state index contributed by atoms with van der Waals surface area (Å²) in [5.41, 5.74) is 6.09. The number of benzene rings is 1. The molecule has 3 rings (SSSR count). The van der Waals surface area contributed by atoms with Crippen molar-refractivity contribution in [3.63, 3.8) is 0 Å². The third kappa shape index (κ3) is 4.92. The van der Waals surface area contributed by atoms with E-state index in [9.17, 15) is 22.4 Å². The Kier molecular flexibility index (Phi) is 6.91. The van der Waals surface area contributed by atoms with E-state index in [1.54, 1.807) is 13.1 Å². The minimum atomic E-state index is -4.19. The zero-order chi connectivity index (χ0) is 24.6. The zero-order valence-electron chi connectivity index (χ0n) is 19.1. The number of hydrogen-bond acceptors (Lipinski definition) is 6. The van der Waals surface area contributed by atoms with Crippen LogP contribution in [0.25, 0.3) is 0 Å². The molecular formula is C21H29FN6O4S. The minimum absolute atomic E-state index is 0.00397. The summed E-state index contributed by atoms with van der Waals surface area (Å²) < 4.78 is 42.3. The topological polar surface area (TPSA) is 131 Å². The first kappa shape index (κ1) is 24.8. The fourth-order valence-electron chi connectivity index (χ4n) is 3.55. The molecule has 1 unspecified atom stereocenters. The number of nitrogens with one attached hydrogen (secondary N) is 1. The Balaban J connectivity index is 2.00. The summed E-state index contributed by atoms with van der Waals surface area (Å²) in [7, 11) is -2.57. The van der Waals surface area contributed by atoms with Crippen LogP contribution >= 0.6 is 0 Å². The van der Waals surface area contributed by atoms with Gasteiger partial charge < -0.3 is 16.0 Å². The molecule has 0 saturated carbocycles. The van der Waals surface area contributed by atoms with E-state index < -0.39 is 33.8 Å². The predicted molar refractivity (Wildman–Crippen MR) is 119 cm³/mol. The Hall–Kier alpha value is -2.83. The van der Waals surface area contributed by atoms with Crippen LogP contribution in [0.5, 0.6) is 0 Å². The third-order valence-electron chi connectivity index (χ3n) is 5.36. The molecule has 1 aliphatic heterocycles. The van der Waals surface area contributed by atoms with Crippen LogP contribution in [0, 0.1) is 5.82 Å². The molecule has 1 aromatic heterocycles. The summed E-state index contributed by atoms with van der Waals surface area (Å²) in [5, 5.41) is 6.97. The molecule has 2 heterocycles. The number of carbonyl (C=O) groups is 2. The summed E-state index contributed by atoms with van der Waals surface area (Å²) in [5.74, 6) is -1.78. The fraction of sp³-hybridized carbons (Fsp3) is 0.476. The predicted octanol–water partition coefficient (Wildman–Crippen LogP) is 0.404. The monoisotopic (exact) mass is 480 g/mol. The lowest BCUT2D eigenvalue weighted by Crippen LogP contribution is -2.54. The lowest BCUT2D eigenvalue weighted by atomic mass is 9.92. The lowest BCUT2D eigenvalue weighted by Gasteiger charge is -2.28. The van der Waals surface area contributed by atoms with Gasteiger partial charge in [-0.15, -0.1) is 0 Å². The number of sulfonamides is 1. The Morgan fingerprint density at radius 1 is 1.21 bits per heavy atom. The maximum Gasteiger partial charge on any atom is 0.273 e. The van der Waals surface area contributed by atoms with E-state index in [1.807, 2.05) is 20.8 Å². The quantitative estimate of drug-likeness (QED) is 0.616. The highest BCUT2D eigenvalue weighted by atomic mass is 32.2. The second-order valence-electron chi connectivity index (χ2n) is 8.81. The van der Waals surface area contributed by atoms with Gasteiger partial charge in [-0.25, -0.2) is 12.8 Å². The van der Waals surface area contributed by atoms with Gasteiger partial charge in [-0.3, -0.25) is 14.3 Å². The molecule has 2 aromatic rings. The number of carbonyl (C=O) groups excluding carboxylic acids is 2. The van der Waals surface area contributed by atoms with Gasteiger partial charge in [0.05, 0.1) is 10.6 Å². The van der Waals surface area contributed by atoms with Gasteiger partial charge in [0.1, 0.15) is 11.5 Å². The molecule has 1 aromatic carbocycles. The van der Waals surface area contributed by atoms with Gasteiger partial charge in [-0.1, -0.05) is 20.8 Å². The van der Waals surface area contributed by atoms with Crippen molar-refractivity contribution < 1.29 is 22.4 Å². The summed E-state index contributed by atoms with van der Waals surface area (Å²) in [6, 6.07) is 5.95. The number of aromatic nitrogens is 2. The minimum Gasteiger partial charge on any atom is -0.352 e. The van der Waals surface area contributed by atoms with Crippen LogP contribution in [0.3, 0.4) is 0 Å². The van der Waals surface area contributed by atoms with Gasteiger partial charge in [0, 0.05) is 38.6 Å². The number of aryl methyl sites for hydroxylation is 1. The Bertz CT molecular complexity index is 1140. The standard InChI is InChI=1S/C21H29FN6O4S/c1-21(2,3)17-13-16(26(4)25-17)20(30)27-11-12-28(19(27)18(29)24-10-9-23)33(31,32)15-7-5-14(22)6-8-15/h5-8,13,19H,9-12,23H2,1-4H3,(H,24,29). The molecule has 10 nitrogen and oxygen atoms in total. The van der Waals surface area contributed by atoms with E-state index in [0.29, 0.717) is 5.69 Å². The Morgan fingerprint density at radius 3 is 2.39 bits per heavy atom. The van der Waals surface area contributed by atoms with E-state index in [1.165, 1.54) is 9.58 Å². The Morgan fingerprint density at radius 2 is 1.85 bits per heavy atom. The van der Waals surface area contributed by atoms with Crippen LogP contribution in [0.2, 0.25) is 0 Å². The third-order valence-corrected chi connectivity index (χ3v) is 7.22. The normalized spacial score (nSPS) is 17.4. The van der Waals surface area contributed by atoms with Crippen LogP contribution in [0.15, 0.2) is 35.2 Å². The van der Waals surface area contributed by atoms with Crippen molar-refractivity contribution >= 4 is 21.8 Å². The van der Waals surface area contributed by atoms with Gasteiger partial charge in [0.15, 0.2) is 6.17 Å². The van der Waals surface area contributed by atoms with E-state index >= 15 is 0 Å². The van der Waals surface area contributed by atoms with Crippen molar-refractivity contribution in [3.05, 3.63) is 47.5 Å². The van der Waals surface area contributed by atoms with Crippen molar-refractivity contribution in [2.24, 2.45) is 12.8 Å². The second kappa shape index (κ2) is 9.20. The van der Waals surface area contributed by atoms with Crippen molar-refractivity contribution in [2.45, 2.75) is 37.2 Å². The highest BCUT2D eigenvalue weighted by Gasteiger charge is 2.47. The van der Waals surface area contributed by atoms with E-state index in [-0.39, 0.29) is 42.2 Å². The summed E-state index contributed by atoms with van der Waals surface area (Å²) >= 11 is 0. The first-order chi connectivity index (χ1) is 15.4. The van der Waals surface area contributed by atoms with Gasteiger partial charge >= 0.3 is 0 Å². The molecule has 1 aliphatic rings. The first-order valence-corrected chi connectivity index (χ1v) is 11.9. The van der Waals surface area contributed by atoms with E-state index in [2.05, 4.69) is 10.4 Å². The summed E-state index contributed by atoms with van der Waals surface area (Å²) in [6.45, 7) is 6.03. The number of hydrogen-bond donors (Lipinski definition) is 2. The van der Waals surface area contributed by atoms with Crippen LogP contribution in [-0.2, 0) is 27.3 Å². The summed E-state index contributed by atoms with van der Waals surface area (Å²) in [4.78, 5) is 27.5.